The molecule has 0 aromatic heterocycles. The first-order valence-electron chi connectivity index (χ1n) is 20.3. The number of rotatable bonds is 1. The fourth-order valence-corrected chi connectivity index (χ4v) is 7.89. The van der Waals surface area contributed by atoms with Gasteiger partial charge in [-0.15, -0.1) is 0 Å². The lowest BCUT2D eigenvalue weighted by Crippen LogP contribution is -2.26. The van der Waals surface area contributed by atoms with Crippen molar-refractivity contribution in [3.05, 3.63) is 166 Å². The third-order valence-corrected chi connectivity index (χ3v) is 9.62. The minimum absolute atomic E-state index is 0.305. The zero-order valence-electron chi connectivity index (χ0n) is 34.8. The van der Waals surface area contributed by atoms with Crippen molar-refractivity contribution in [1.82, 2.24) is 0 Å². The average molecular weight is 689 g/mol. The summed E-state index contributed by atoms with van der Waals surface area (Å²) < 4.78 is 0. The minimum Gasteiger partial charge on any atom is -0.0683 e. The van der Waals surface area contributed by atoms with E-state index < -0.39 is 0 Å². The number of aryl methyl sites for hydroxylation is 2. The molecule has 6 aromatic rings. The molecule has 3 aliphatic rings. The predicted molar refractivity (Wildman–Crippen MR) is 234 cm³/mol. The molecule has 0 amide bonds. The Bertz CT molecular complexity index is 2010. The van der Waals surface area contributed by atoms with Crippen LogP contribution >= 0.6 is 0 Å². The van der Waals surface area contributed by atoms with Crippen LogP contribution in [0.1, 0.15) is 128 Å². The average Bonchev–Trinajstić information content (AvgIpc) is 3.85. The maximum atomic E-state index is 2.50. The zero-order chi connectivity index (χ0) is 38.6. The quantitative estimate of drug-likeness (QED) is 0.161. The van der Waals surface area contributed by atoms with Gasteiger partial charge < -0.3 is 0 Å². The fourth-order valence-electron chi connectivity index (χ4n) is 7.89. The van der Waals surface area contributed by atoms with Crippen molar-refractivity contribution >= 4 is 0 Å². The zero-order valence-corrected chi connectivity index (χ0v) is 34.8. The summed E-state index contributed by atoms with van der Waals surface area (Å²) in [5, 5.41) is 0. The Hall–Kier alpha value is -4.68. The van der Waals surface area contributed by atoms with Gasteiger partial charge in [-0.1, -0.05) is 203 Å². The van der Waals surface area contributed by atoms with Crippen molar-refractivity contribution in [1.29, 1.82) is 0 Å². The van der Waals surface area contributed by atoms with E-state index in [0.717, 1.165) is 6.42 Å². The van der Waals surface area contributed by atoms with Crippen LogP contribution < -0.4 is 0 Å². The summed E-state index contributed by atoms with van der Waals surface area (Å²) in [6.07, 6.45) is 1.03. The molecule has 0 N–H and O–H groups in total. The van der Waals surface area contributed by atoms with Gasteiger partial charge in [0.1, 0.15) is 0 Å². The van der Waals surface area contributed by atoms with E-state index in [0.29, 0.717) is 0 Å². The first-order valence-corrected chi connectivity index (χ1v) is 20.3. The molecule has 0 saturated carbocycles. The molecule has 1 spiro atoms. The van der Waals surface area contributed by atoms with Crippen LogP contribution in [-0.4, -0.2) is 0 Å². The molecule has 0 bridgehead atoms. The number of benzene rings is 6. The van der Waals surface area contributed by atoms with Crippen LogP contribution in [0.15, 0.2) is 121 Å². The van der Waals surface area contributed by atoms with Gasteiger partial charge in [0, 0.05) is 0 Å². The first kappa shape index (κ1) is 41.7. The maximum absolute atomic E-state index is 2.50. The molecule has 52 heavy (non-hydrogen) atoms. The van der Waals surface area contributed by atoms with Crippen molar-refractivity contribution in [2.75, 3.05) is 0 Å². The first-order chi connectivity index (χ1) is 25.6. The summed E-state index contributed by atoms with van der Waals surface area (Å²) in [4.78, 5) is 0. The monoisotopic (exact) mass is 689 g/mol. The summed E-state index contributed by atoms with van der Waals surface area (Å²) in [5.41, 5.74) is 21.6. The summed E-state index contributed by atoms with van der Waals surface area (Å²) in [6.45, 7) is 28.4. The number of hydrogen-bond acceptors (Lipinski definition) is 0. The van der Waals surface area contributed by atoms with Gasteiger partial charge in [0.2, 0.25) is 0 Å². The molecule has 0 fully saturated rings. The van der Waals surface area contributed by atoms with Crippen LogP contribution in [0.5, 0.6) is 0 Å². The molecule has 272 valence electrons. The molecular formula is C52H64. The molecule has 6 aromatic carbocycles. The lowest BCUT2D eigenvalue weighted by atomic mass is 9.70. The van der Waals surface area contributed by atoms with E-state index in [1.807, 2.05) is 83.1 Å². The van der Waals surface area contributed by atoms with E-state index in [1.54, 1.807) is 0 Å². The molecule has 0 aliphatic heterocycles. The molecule has 9 rings (SSSR count). The Labute approximate surface area is 318 Å². The summed E-state index contributed by atoms with van der Waals surface area (Å²) >= 11 is 0. The largest absolute Gasteiger partial charge is 0.0725 e. The third kappa shape index (κ3) is 6.93. The van der Waals surface area contributed by atoms with Crippen molar-refractivity contribution < 1.29 is 0 Å². The Morgan fingerprint density at radius 3 is 1.29 bits per heavy atom. The summed E-state index contributed by atoms with van der Waals surface area (Å²) in [7, 11) is 0. The van der Waals surface area contributed by atoms with Gasteiger partial charge in [-0.2, -0.15) is 0 Å². The number of hydrogen-bond donors (Lipinski definition) is 0. The highest BCUT2D eigenvalue weighted by molar-refractivity contribution is 5.96. The Morgan fingerprint density at radius 2 is 0.712 bits per heavy atom. The standard InChI is InChI=1S/C40H28.6C2H6/c1-24-11-13-28-21-29-15-14-26(22-35(29)34(28)19-24)27-16-18-33-32-17-12-25(2)20-38(32)40(39(33)23-27)36-9-5-3-7-30(36)31-8-4-6-10-37(31)40;6*1-2/h3-20,22-23H,21H2,1-2H3;6*1-2H3. The summed E-state index contributed by atoms with van der Waals surface area (Å²) in [6, 6.07) is 46.4. The van der Waals surface area contributed by atoms with E-state index in [4.69, 9.17) is 0 Å². The van der Waals surface area contributed by atoms with Crippen LogP contribution in [0.2, 0.25) is 0 Å². The van der Waals surface area contributed by atoms with Crippen LogP contribution in [0.4, 0.5) is 0 Å². The van der Waals surface area contributed by atoms with E-state index in [9.17, 15) is 0 Å². The highest BCUT2D eigenvalue weighted by Crippen LogP contribution is 2.63. The second kappa shape index (κ2) is 19.2. The second-order valence-corrected chi connectivity index (χ2v) is 11.9. The van der Waals surface area contributed by atoms with Gasteiger partial charge in [0.25, 0.3) is 0 Å². The lowest BCUT2D eigenvalue weighted by molar-refractivity contribution is 0.793. The van der Waals surface area contributed by atoms with Gasteiger partial charge in [-0.05, 0) is 110 Å². The summed E-state index contributed by atoms with van der Waals surface area (Å²) in [5.74, 6) is 0. The molecule has 0 heteroatoms. The van der Waals surface area contributed by atoms with Gasteiger partial charge >= 0.3 is 0 Å². The molecule has 0 nitrogen and oxygen atoms in total. The van der Waals surface area contributed by atoms with E-state index in [1.165, 1.54) is 89.0 Å². The van der Waals surface area contributed by atoms with Gasteiger partial charge in [-0.3, -0.25) is 0 Å². The van der Waals surface area contributed by atoms with Crippen molar-refractivity contribution in [2.45, 2.75) is 109 Å². The van der Waals surface area contributed by atoms with Crippen molar-refractivity contribution in [2.24, 2.45) is 0 Å². The number of fused-ring (bicyclic) bond motifs is 13. The topological polar surface area (TPSA) is 0 Å². The highest BCUT2D eigenvalue weighted by atomic mass is 14.5. The molecule has 0 radical (unpaired) electrons. The second-order valence-electron chi connectivity index (χ2n) is 11.9. The Balaban J connectivity index is 0.000000556. The third-order valence-electron chi connectivity index (χ3n) is 9.62. The Kier molecular flexibility index (Phi) is 15.4. The minimum atomic E-state index is -0.305. The molecule has 3 aliphatic carbocycles. The van der Waals surface area contributed by atoms with Crippen LogP contribution in [0, 0.1) is 13.8 Å². The van der Waals surface area contributed by atoms with E-state index >= 15 is 0 Å². The lowest BCUT2D eigenvalue weighted by Gasteiger charge is -2.31. The van der Waals surface area contributed by atoms with Crippen LogP contribution in [0.25, 0.3) is 44.5 Å². The maximum Gasteiger partial charge on any atom is 0.0725 e. The Morgan fingerprint density at radius 1 is 0.327 bits per heavy atom. The SMILES string of the molecule is CC.CC.CC.CC.CC.CC.Cc1ccc2c(c1)-c1cc(-c3ccc4c(c3)C3(c5ccccc5-c5ccccc53)c3cc(C)ccc3-4)ccc1C2. The van der Waals surface area contributed by atoms with Gasteiger partial charge in [0.15, 0.2) is 0 Å². The fraction of sp³-hybridized carbons (Fsp3) is 0.308. The predicted octanol–water partition coefficient (Wildman–Crippen LogP) is 16.0. The molecule has 0 atom stereocenters. The normalized spacial score (nSPS) is 11.7. The van der Waals surface area contributed by atoms with Crippen molar-refractivity contribution in [3.8, 4) is 44.5 Å². The molecule has 0 heterocycles. The van der Waals surface area contributed by atoms with Gasteiger partial charge in [0.05, 0.1) is 5.41 Å². The van der Waals surface area contributed by atoms with Gasteiger partial charge in [-0.25, -0.2) is 0 Å². The van der Waals surface area contributed by atoms with Crippen molar-refractivity contribution in [3.63, 3.8) is 0 Å². The van der Waals surface area contributed by atoms with Crippen LogP contribution in [0.3, 0.4) is 0 Å². The highest BCUT2D eigenvalue weighted by Gasteiger charge is 2.51. The van der Waals surface area contributed by atoms with E-state index in [-0.39, 0.29) is 5.41 Å². The molecular weight excluding hydrogens is 625 g/mol. The smallest absolute Gasteiger partial charge is 0.0683 e. The molecule has 0 saturated heterocycles. The van der Waals surface area contributed by atoms with Crippen LogP contribution in [-0.2, 0) is 11.8 Å². The van der Waals surface area contributed by atoms with E-state index in [2.05, 4.69) is 135 Å². The molecule has 0 unspecified atom stereocenters.